The predicted octanol–water partition coefficient (Wildman–Crippen LogP) is 4.89. The molecule has 118 valence electrons. The van der Waals surface area contributed by atoms with Gasteiger partial charge >= 0.3 is 0 Å². The molecule has 0 fully saturated rings. The number of rotatable bonds is 3. The van der Waals surface area contributed by atoms with Crippen molar-refractivity contribution in [1.29, 1.82) is 0 Å². The van der Waals surface area contributed by atoms with Crippen LogP contribution in [0.4, 0.5) is 0 Å². The molecule has 2 heterocycles. The van der Waals surface area contributed by atoms with Crippen LogP contribution in [0, 0.1) is 0 Å². The van der Waals surface area contributed by atoms with E-state index >= 15 is 0 Å². The van der Waals surface area contributed by atoms with Crippen LogP contribution < -0.4 is 4.74 Å². The van der Waals surface area contributed by atoms with E-state index in [9.17, 15) is 0 Å². The van der Waals surface area contributed by atoms with Crippen molar-refractivity contribution in [3.05, 3.63) is 71.0 Å². The number of benzene rings is 2. The van der Waals surface area contributed by atoms with Gasteiger partial charge in [-0.05, 0) is 53.1 Å². The molecule has 0 atom stereocenters. The summed E-state index contributed by atoms with van der Waals surface area (Å²) in [5.41, 5.74) is 2.57. The number of aromatic nitrogens is 4. The van der Waals surface area contributed by atoms with Crippen molar-refractivity contribution in [2.24, 2.45) is 0 Å². The minimum atomic E-state index is 0.183. The minimum Gasteiger partial charge on any atom is -0.438 e. The number of fused-ring (bicyclic) bond motifs is 1. The maximum atomic E-state index is 6.06. The van der Waals surface area contributed by atoms with Gasteiger partial charge in [0, 0.05) is 11.1 Å². The van der Waals surface area contributed by atoms with Gasteiger partial charge in [-0.3, -0.25) is 0 Å². The van der Waals surface area contributed by atoms with E-state index < -0.39 is 0 Å². The van der Waals surface area contributed by atoms with E-state index in [1.807, 2.05) is 48.5 Å². The van der Waals surface area contributed by atoms with E-state index in [0.29, 0.717) is 22.3 Å². The van der Waals surface area contributed by atoms with Crippen LogP contribution in [-0.4, -0.2) is 19.8 Å². The zero-order chi connectivity index (χ0) is 16.5. The number of nitrogens with zero attached hydrogens (tertiary/aromatic N) is 4. The Morgan fingerprint density at radius 1 is 0.833 bits per heavy atom. The molecule has 4 aromatic rings. The van der Waals surface area contributed by atoms with E-state index in [2.05, 4.69) is 15.3 Å². The second kappa shape index (κ2) is 6.11. The van der Waals surface area contributed by atoms with Crippen molar-refractivity contribution in [2.45, 2.75) is 0 Å². The molecule has 0 aliphatic heterocycles. The van der Waals surface area contributed by atoms with Gasteiger partial charge in [-0.15, -0.1) is 15.3 Å². The van der Waals surface area contributed by atoms with E-state index in [4.69, 9.17) is 27.9 Å². The lowest BCUT2D eigenvalue weighted by Crippen LogP contribution is -1.95. The Hall–Kier alpha value is -2.63. The molecular weight excluding hydrogens is 347 g/mol. The van der Waals surface area contributed by atoms with Crippen molar-refractivity contribution in [3.63, 3.8) is 0 Å². The lowest BCUT2D eigenvalue weighted by molar-refractivity contribution is 0.452. The molecule has 2 aromatic carbocycles. The van der Waals surface area contributed by atoms with Gasteiger partial charge in [-0.25, -0.2) is 0 Å². The third-order valence-electron chi connectivity index (χ3n) is 3.41. The Balaban J connectivity index is 1.66. The lowest BCUT2D eigenvalue weighted by atomic mass is 10.1. The van der Waals surface area contributed by atoms with Gasteiger partial charge in [-0.2, -0.15) is 4.52 Å². The molecule has 0 unspecified atom stereocenters. The summed E-state index contributed by atoms with van der Waals surface area (Å²) in [6, 6.07) is 18.8. The summed E-state index contributed by atoms with van der Waals surface area (Å²) in [6.07, 6.45) is 0. The molecule has 0 aliphatic carbocycles. The highest BCUT2D eigenvalue weighted by molar-refractivity contribution is 6.30. The molecule has 7 heteroatoms. The number of ether oxygens (including phenoxy) is 1. The smallest absolute Gasteiger partial charge is 0.246 e. The van der Waals surface area contributed by atoms with Gasteiger partial charge in [0.2, 0.25) is 11.2 Å². The Kier molecular flexibility index (Phi) is 3.80. The maximum absolute atomic E-state index is 6.06. The average Bonchev–Trinajstić information content (AvgIpc) is 2.96. The largest absolute Gasteiger partial charge is 0.438 e. The third kappa shape index (κ3) is 2.91. The Morgan fingerprint density at radius 2 is 1.62 bits per heavy atom. The van der Waals surface area contributed by atoms with Crippen LogP contribution in [0.1, 0.15) is 0 Å². The molecule has 0 amide bonds. The van der Waals surface area contributed by atoms with E-state index in [1.54, 1.807) is 12.1 Å². The van der Waals surface area contributed by atoms with Crippen molar-refractivity contribution in [2.75, 3.05) is 0 Å². The average molecular weight is 357 g/mol. The second-order valence-electron chi connectivity index (χ2n) is 5.05. The fourth-order valence-corrected chi connectivity index (χ4v) is 2.68. The SMILES string of the molecule is Clc1cccc(-c2cccc(Oc3ccc4nnc(Cl)n4n3)c2)c1. The molecule has 0 saturated carbocycles. The Labute approximate surface area is 147 Å². The molecule has 0 radical (unpaired) electrons. The van der Waals surface area contributed by atoms with Gasteiger partial charge < -0.3 is 4.74 Å². The second-order valence-corrected chi connectivity index (χ2v) is 5.83. The molecule has 5 nitrogen and oxygen atoms in total. The quantitative estimate of drug-likeness (QED) is 0.524. The van der Waals surface area contributed by atoms with Crippen LogP contribution >= 0.6 is 23.2 Å². The monoisotopic (exact) mass is 356 g/mol. The molecule has 4 rings (SSSR count). The summed E-state index contributed by atoms with van der Waals surface area (Å²) in [7, 11) is 0. The summed E-state index contributed by atoms with van der Waals surface area (Å²) < 4.78 is 7.24. The molecular formula is C17H10Cl2N4O. The van der Waals surface area contributed by atoms with Crippen molar-refractivity contribution in [3.8, 4) is 22.8 Å². The van der Waals surface area contributed by atoms with Crippen LogP contribution in [0.25, 0.3) is 16.8 Å². The van der Waals surface area contributed by atoms with Crippen LogP contribution in [0.5, 0.6) is 11.6 Å². The summed E-state index contributed by atoms with van der Waals surface area (Å²) in [4.78, 5) is 0. The van der Waals surface area contributed by atoms with Crippen molar-refractivity contribution >= 4 is 28.8 Å². The summed E-state index contributed by atoms with van der Waals surface area (Å²) in [6.45, 7) is 0. The molecule has 0 bridgehead atoms. The first-order valence-electron chi connectivity index (χ1n) is 7.11. The Bertz CT molecular complexity index is 1030. The van der Waals surface area contributed by atoms with E-state index in [0.717, 1.165) is 11.1 Å². The van der Waals surface area contributed by atoms with Gasteiger partial charge in [0.15, 0.2) is 5.65 Å². The Morgan fingerprint density at radius 3 is 2.46 bits per heavy atom. The number of halogens is 2. The van der Waals surface area contributed by atoms with Crippen LogP contribution in [0.3, 0.4) is 0 Å². The van der Waals surface area contributed by atoms with E-state index in [1.165, 1.54) is 4.52 Å². The van der Waals surface area contributed by atoms with E-state index in [-0.39, 0.29) is 5.28 Å². The number of hydrogen-bond acceptors (Lipinski definition) is 4. The molecule has 0 N–H and O–H groups in total. The zero-order valence-electron chi connectivity index (χ0n) is 12.2. The third-order valence-corrected chi connectivity index (χ3v) is 3.89. The fourth-order valence-electron chi connectivity index (χ4n) is 2.33. The van der Waals surface area contributed by atoms with Crippen LogP contribution in [0.15, 0.2) is 60.7 Å². The van der Waals surface area contributed by atoms with Gasteiger partial charge in [-0.1, -0.05) is 35.9 Å². The van der Waals surface area contributed by atoms with Crippen molar-refractivity contribution in [1.82, 2.24) is 19.8 Å². The summed E-state index contributed by atoms with van der Waals surface area (Å²) in [5.74, 6) is 1.05. The maximum Gasteiger partial charge on any atom is 0.246 e. The first-order valence-corrected chi connectivity index (χ1v) is 7.86. The lowest BCUT2D eigenvalue weighted by Gasteiger charge is -2.07. The first kappa shape index (κ1) is 14.9. The molecule has 0 aliphatic rings. The summed E-state index contributed by atoms with van der Waals surface area (Å²) in [5, 5.41) is 12.8. The molecule has 0 saturated heterocycles. The predicted molar refractivity (Wildman–Crippen MR) is 92.8 cm³/mol. The molecule has 24 heavy (non-hydrogen) atoms. The van der Waals surface area contributed by atoms with Crippen LogP contribution in [0.2, 0.25) is 10.3 Å². The van der Waals surface area contributed by atoms with Gasteiger partial charge in [0.25, 0.3) is 0 Å². The summed E-state index contributed by atoms with van der Waals surface area (Å²) >= 11 is 12.0. The zero-order valence-corrected chi connectivity index (χ0v) is 13.7. The topological polar surface area (TPSA) is 52.3 Å². The van der Waals surface area contributed by atoms with Gasteiger partial charge in [0.1, 0.15) is 5.75 Å². The molecule has 2 aromatic heterocycles. The van der Waals surface area contributed by atoms with Crippen molar-refractivity contribution < 1.29 is 4.74 Å². The highest BCUT2D eigenvalue weighted by Gasteiger charge is 2.07. The highest BCUT2D eigenvalue weighted by Crippen LogP contribution is 2.28. The first-order chi connectivity index (χ1) is 11.7. The van der Waals surface area contributed by atoms with Gasteiger partial charge in [0.05, 0.1) is 0 Å². The standard InChI is InChI=1S/C17H10Cl2N4O/c18-13-5-1-3-11(9-13)12-4-2-6-14(10-12)24-16-8-7-15-20-21-17(19)23(15)22-16/h1-10H. The molecule has 0 spiro atoms. The number of hydrogen-bond donors (Lipinski definition) is 0. The normalized spacial score (nSPS) is 10.9. The minimum absolute atomic E-state index is 0.183. The highest BCUT2D eigenvalue weighted by atomic mass is 35.5. The fraction of sp³-hybridized carbons (Fsp3) is 0. The van der Waals surface area contributed by atoms with Crippen LogP contribution in [-0.2, 0) is 0 Å².